The molecule has 1 heterocycles. The van der Waals surface area contributed by atoms with Gasteiger partial charge in [-0.2, -0.15) is 0 Å². The first-order valence-corrected chi connectivity index (χ1v) is 5.84. The van der Waals surface area contributed by atoms with Gasteiger partial charge in [0.05, 0.1) is 6.54 Å². The summed E-state index contributed by atoms with van der Waals surface area (Å²) in [7, 11) is 1.88. The van der Waals surface area contributed by atoms with Gasteiger partial charge in [0.15, 0.2) is 5.82 Å². The highest BCUT2D eigenvalue weighted by Gasteiger charge is 2.12. The maximum Gasteiger partial charge on any atom is 0.164 e. The van der Waals surface area contributed by atoms with Crippen LogP contribution in [0.15, 0.2) is 22.7 Å². The maximum absolute atomic E-state index is 5.96. The molecule has 0 spiro atoms. The predicted molar refractivity (Wildman–Crippen MR) is 67.0 cm³/mol. The normalized spacial score (nSPS) is 10.8. The molecule has 2 rings (SSSR count). The van der Waals surface area contributed by atoms with Gasteiger partial charge in [0.2, 0.25) is 0 Å². The summed E-state index contributed by atoms with van der Waals surface area (Å²) < 4.78 is 2.78. The van der Waals surface area contributed by atoms with E-state index in [0.29, 0.717) is 11.6 Å². The van der Waals surface area contributed by atoms with Crippen molar-refractivity contribution in [2.45, 2.75) is 6.54 Å². The van der Waals surface area contributed by atoms with Crippen LogP contribution in [0.4, 0.5) is 0 Å². The average molecular weight is 302 g/mol. The second-order valence-corrected chi connectivity index (χ2v) is 4.62. The second-order valence-electron chi connectivity index (χ2n) is 3.33. The van der Waals surface area contributed by atoms with Crippen LogP contribution >= 0.6 is 27.5 Å². The second kappa shape index (κ2) is 4.53. The van der Waals surface area contributed by atoms with Gasteiger partial charge in [-0.15, -0.1) is 10.2 Å². The number of aromatic nitrogens is 3. The van der Waals surface area contributed by atoms with Crippen molar-refractivity contribution in [2.24, 2.45) is 12.8 Å². The SMILES string of the molecule is Cn1c(CN)nnc1-c1cc(Cl)ccc1Br. The van der Waals surface area contributed by atoms with Crippen LogP contribution in [0, 0.1) is 0 Å². The highest BCUT2D eigenvalue weighted by molar-refractivity contribution is 9.10. The van der Waals surface area contributed by atoms with Crippen molar-refractivity contribution in [2.75, 3.05) is 0 Å². The molecule has 0 aliphatic rings. The third-order valence-electron chi connectivity index (χ3n) is 2.32. The summed E-state index contributed by atoms with van der Waals surface area (Å²) in [4.78, 5) is 0. The Morgan fingerprint density at radius 3 is 2.81 bits per heavy atom. The summed E-state index contributed by atoms with van der Waals surface area (Å²) in [6, 6.07) is 5.54. The minimum Gasteiger partial charge on any atom is -0.324 e. The fourth-order valence-corrected chi connectivity index (χ4v) is 2.04. The molecule has 2 N–H and O–H groups in total. The highest BCUT2D eigenvalue weighted by Crippen LogP contribution is 2.29. The van der Waals surface area contributed by atoms with Gasteiger partial charge in [0.1, 0.15) is 5.82 Å². The number of nitrogens with two attached hydrogens (primary N) is 1. The van der Waals surface area contributed by atoms with Gasteiger partial charge in [0, 0.05) is 22.1 Å². The van der Waals surface area contributed by atoms with E-state index in [4.69, 9.17) is 17.3 Å². The molecule has 1 aromatic heterocycles. The highest BCUT2D eigenvalue weighted by atomic mass is 79.9. The zero-order chi connectivity index (χ0) is 11.7. The maximum atomic E-state index is 5.96. The van der Waals surface area contributed by atoms with Crippen molar-refractivity contribution in [3.63, 3.8) is 0 Å². The minimum atomic E-state index is 0.363. The van der Waals surface area contributed by atoms with Gasteiger partial charge in [-0.1, -0.05) is 27.5 Å². The fourth-order valence-electron chi connectivity index (χ4n) is 1.44. The molecule has 0 amide bonds. The molecule has 0 atom stereocenters. The van der Waals surface area contributed by atoms with Crippen LogP contribution in [0.2, 0.25) is 5.02 Å². The molecule has 1 aromatic carbocycles. The Morgan fingerprint density at radius 2 is 2.19 bits per heavy atom. The third kappa shape index (κ3) is 1.98. The van der Waals surface area contributed by atoms with E-state index in [9.17, 15) is 0 Å². The zero-order valence-electron chi connectivity index (χ0n) is 8.61. The van der Waals surface area contributed by atoms with Gasteiger partial charge < -0.3 is 10.3 Å². The van der Waals surface area contributed by atoms with Crippen LogP contribution < -0.4 is 5.73 Å². The van der Waals surface area contributed by atoms with E-state index in [1.807, 2.05) is 29.8 Å². The number of hydrogen-bond donors (Lipinski definition) is 1. The number of rotatable bonds is 2. The topological polar surface area (TPSA) is 56.7 Å². The van der Waals surface area contributed by atoms with E-state index >= 15 is 0 Å². The van der Waals surface area contributed by atoms with Crippen LogP contribution in [-0.4, -0.2) is 14.8 Å². The van der Waals surface area contributed by atoms with Crippen LogP contribution in [0.1, 0.15) is 5.82 Å². The van der Waals surface area contributed by atoms with Crippen molar-refractivity contribution in [1.82, 2.24) is 14.8 Å². The molecule has 0 radical (unpaired) electrons. The number of nitrogens with zero attached hydrogens (tertiary/aromatic N) is 3. The summed E-state index contributed by atoms with van der Waals surface area (Å²) in [5.41, 5.74) is 6.45. The van der Waals surface area contributed by atoms with Crippen LogP contribution in [0.25, 0.3) is 11.4 Å². The van der Waals surface area contributed by atoms with Gasteiger partial charge in [-0.05, 0) is 18.2 Å². The molecular formula is C10H10BrClN4. The molecule has 4 nitrogen and oxygen atoms in total. The monoisotopic (exact) mass is 300 g/mol. The van der Waals surface area contributed by atoms with Crippen LogP contribution in [0.5, 0.6) is 0 Å². The first-order valence-electron chi connectivity index (χ1n) is 4.67. The lowest BCUT2D eigenvalue weighted by molar-refractivity contribution is 0.796. The van der Waals surface area contributed by atoms with Gasteiger partial charge >= 0.3 is 0 Å². The van der Waals surface area contributed by atoms with Crippen LogP contribution in [-0.2, 0) is 13.6 Å². The molecule has 0 aliphatic heterocycles. The Morgan fingerprint density at radius 1 is 1.44 bits per heavy atom. The standard InChI is InChI=1S/C10H10BrClN4/c1-16-9(5-13)14-15-10(16)7-4-6(12)2-3-8(7)11/h2-4H,5,13H2,1H3. The first-order chi connectivity index (χ1) is 7.63. The molecule has 0 bridgehead atoms. The van der Waals surface area contributed by atoms with Crippen molar-refractivity contribution in [3.8, 4) is 11.4 Å². The summed E-state index contributed by atoms with van der Waals surface area (Å²) in [6.07, 6.45) is 0. The molecule has 2 aromatic rings. The lowest BCUT2D eigenvalue weighted by atomic mass is 10.2. The Balaban J connectivity index is 2.58. The quantitative estimate of drug-likeness (QED) is 0.926. The first kappa shape index (κ1) is 11.6. The molecule has 16 heavy (non-hydrogen) atoms. The molecule has 0 fully saturated rings. The molecule has 0 saturated carbocycles. The molecule has 0 unspecified atom stereocenters. The molecule has 84 valence electrons. The molecule has 0 aliphatic carbocycles. The fraction of sp³-hybridized carbons (Fsp3) is 0.200. The molecule has 0 saturated heterocycles. The van der Waals surface area contributed by atoms with Gasteiger partial charge in [-0.3, -0.25) is 0 Å². The molecule has 6 heteroatoms. The number of halogens is 2. The van der Waals surface area contributed by atoms with Crippen LogP contribution in [0.3, 0.4) is 0 Å². The van der Waals surface area contributed by atoms with Crippen molar-refractivity contribution in [3.05, 3.63) is 33.5 Å². The van der Waals surface area contributed by atoms with Gasteiger partial charge in [-0.25, -0.2) is 0 Å². The summed E-state index contributed by atoms with van der Waals surface area (Å²) in [5.74, 6) is 1.48. The van der Waals surface area contributed by atoms with Crippen molar-refractivity contribution >= 4 is 27.5 Å². The predicted octanol–water partition coefficient (Wildman–Crippen LogP) is 2.36. The average Bonchev–Trinajstić information content (AvgIpc) is 2.63. The van der Waals surface area contributed by atoms with E-state index < -0.39 is 0 Å². The Hall–Kier alpha value is -0.910. The largest absolute Gasteiger partial charge is 0.324 e. The number of hydrogen-bond acceptors (Lipinski definition) is 3. The van der Waals surface area contributed by atoms with Crippen molar-refractivity contribution < 1.29 is 0 Å². The lowest BCUT2D eigenvalue weighted by Crippen LogP contribution is -2.05. The number of benzene rings is 1. The zero-order valence-corrected chi connectivity index (χ0v) is 11.0. The van der Waals surface area contributed by atoms with Gasteiger partial charge in [0.25, 0.3) is 0 Å². The van der Waals surface area contributed by atoms with Crippen molar-refractivity contribution in [1.29, 1.82) is 0 Å². The Bertz CT molecular complexity index is 524. The summed E-state index contributed by atoms with van der Waals surface area (Å²) in [5, 5.41) is 8.77. The third-order valence-corrected chi connectivity index (χ3v) is 3.24. The molecular weight excluding hydrogens is 291 g/mol. The Kier molecular flexibility index (Phi) is 3.28. The lowest BCUT2D eigenvalue weighted by Gasteiger charge is -2.05. The summed E-state index contributed by atoms with van der Waals surface area (Å²) >= 11 is 9.42. The van der Waals surface area contributed by atoms with E-state index in [0.717, 1.165) is 21.7 Å². The van der Waals surface area contributed by atoms with E-state index in [2.05, 4.69) is 26.1 Å². The summed E-state index contributed by atoms with van der Waals surface area (Å²) in [6.45, 7) is 0.363. The van der Waals surface area contributed by atoms with E-state index in [-0.39, 0.29) is 0 Å². The Labute approximate surface area is 107 Å². The van der Waals surface area contributed by atoms with E-state index in [1.54, 1.807) is 0 Å². The minimum absolute atomic E-state index is 0.363. The smallest absolute Gasteiger partial charge is 0.164 e. The van der Waals surface area contributed by atoms with E-state index in [1.165, 1.54) is 0 Å².